The Morgan fingerprint density at radius 2 is 1.92 bits per heavy atom. The number of rotatable bonds is 8. The van der Waals surface area contributed by atoms with Crippen molar-refractivity contribution in [2.75, 3.05) is 6.61 Å². The zero-order valence-electron chi connectivity index (χ0n) is 14.9. The maximum absolute atomic E-state index is 12.4. The van der Waals surface area contributed by atoms with Gasteiger partial charge in [-0.15, -0.1) is 0 Å². The summed E-state index contributed by atoms with van der Waals surface area (Å²) in [5.74, 6) is 1.53. The van der Waals surface area contributed by atoms with Crippen molar-refractivity contribution in [3.05, 3.63) is 89.9 Å². The van der Waals surface area contributed by atoms with Crippen molar-refractivity contribution in [3.63, 3.8) is 0 Å². The summed E-state index contributed by atoms with van der Waals surface area (Å²) in [5.41, 5.74) is 2.15. The fourth-order valence-corrected chi connectivity index (χ4v) is 2.78. The van der Waals surface area contributed by atoms with E-state index in [-0.39, 0.29) is 11.9 Å². The van der Waals surface area contributed by atoms with Gasteiger partial charge in [-0.2, -0.15) is 0 Å². The van der Waals surface area contributed by atoms with Crippen molar-refractivity contribution in [2.24, 2.45) is 0 Å². The zero-order chi connectivity index (χ0) is 18.2. The Morgan fingerprint density at radius 3 is 2.65 bits per heavy atom. The SMILES string of the molecule is Cc1cccc(OCCCC(=O)N[C@@H](c2ccccc2)c2ccco2)c1. The van der Waals surface area contributed by atoms with Crippen LogP contribution in [0.1, 0.15) is 35.8 Å². The number of benzene rings is 2. The molecule has 0 spiro atoms. The third-order valence-electron chi connectivity index (χ3n) is 4.07. The molecule has 2 aromatic carbocycles. The maximum atomic E-state index is 12.4. The lowest BCUT2D eigenvalue weighted by Crippen LogP contribution is -2.29. The third-order valence-corrected chi connectivity index (χ3v) is 4.07. The Balaban J connectivity index is 1.52. The van der Waals surface area contributed by atoms with Gasteiger partial charge in [0.25, 0.3) is 0 Å². The first-order valence-electron chi connectivity index (χ1n) is 8.79. The van der Waals surface area contributed by atoms with Crippen molar-refractivity contribution >= 4 is 5.91 Å². The second kappa shape index (κ2) is 8.90. The average molecular weight is 349 g/mol. The van der Waals surface area contributed by atoms with E-state index in [2.05, 4.69) is 5.32 Å². The number of amides is 1. The number of carbonyl (C=O) groups excluding carboxylic acids is 1. The lowest BCUT2D eigenvalue weighted by atomic mass is 10.0. The van der Waals surface area contributed by atoms with Crippen LogP contribution >= 0.6 is 0 Å². The van der Waals surface area contributed by atoms with Gasteiger partial charge in [-0.3, -0.25) is 4.79 Å². The maximum Gasteiger partial charge on any atom is 0.220 e. The van der Waals surface area contributed by atoms with Gasteiger partial charge in [0, 0.05) is 6.42 Å². The zero-order valence-corrected chi connectivity index (χ0v) is 14.9. The summed E-state index contributed by atoms with van der Waals surface area (Å²) < 4.78 is 11.2. The molecule has 134 valence electrons. The topological polar surface area (TPSA) is 51.5 Å². The number of nitrogens with one attached hydrogen (secondary N) is 1. The van der Waals surface area contributed by atoms with Crippen molar-refractivity contribution < 1.29 is 13.9 Å². The van der Waals surface area contributed by atoms with Crippen molar-refractivity contribution in [1.29, 1.82) is 0 Å². The normalized spacial score (nSPS) is 11.7. The molecule has 26 heavy (non-hydrogen) atoms. The number of ether oxygens (including phenoxy) is 1. The predicted molar refractivity (Wildman–Crippen MR) is 101 cm³/mol. The lowest BCUT2D eigenvalue weighted by Gasteiger charge is -2.17. The smallest absolute Gasteiger partial charge is 0.220 e. The summed E-state index contributed by atoms with van der Waals surface area (Å²) in [5, 5.41) is 3.06. The monoisotopic (exact) mass is 349 g/mol. The van der Waals surface area contributed by atoms with E-state index >= 15 is 0 Å². The standard InChI is InChI=1S/C22H23NO3/c1-17-8-5-11-19(16-17)25-14-7-13-21(24)23-22(20-12-6-15-26-20)18-9-3-2-4-10-18/h2-6,8-12,15-16,22H,7,13-14H2,1H3,(H,23,24)/t22-/m0/s1. The van der Waals surface area contributed by atoms with Gasteiger partial charge < -0.3 is 14.5 Å². The number of hydrogen-bond acceptors (Lipinski definition) is 3. The van der Waals surface area contributed by atoms with Gasteiger partial charge in [-0.25, -0.2) is 0 Å². The molecule has 1 heterocycles. The van der Waals surface area contributed by atoms with Crippen LogP contribution in [-0.4, -0.2) is 12.5 Å². The Labute approximate surface area is 153 Å². The van der Waals surface area contributed by atoms with Crippen LogP contribution in [0.25, 0.3) is 0 Å². The van der Waals surface area contributed by atoms with Gasteiger partial charge in [0.2, 0.25) is 5.91 Å². The first kappa shape index (κ1) is 17.8. The molecule has 0 bridgehead atoms. The van der Waals surface area contributed by atoms with Crippen molar-refractivity contribution in [2.45, 2.75) is 25.8 Å². The van der Waals surface area contributed by atoms with Crippen molar-refractivity contribution in [3.8, 4) is 5.75 Å². The molecule has 1 N–H and O–H groups in total. The van der Waals surface area contributed by atoms with E-state index in [1.807, 2.05) is 73.7 Å². The Morgan fingerprint density at radius 1 is 1.08 bits per heavy atom. The van der Waals surface area contributed by atoms with Crippen LogP contribution in [0.5, 0.6) is 5.75 Å². The fraction of sp³-hybridized carbons (Fsp3) is 0.227. The van der Waals surface area contributed by atoms with Crippen molar-refractivity contribution in [1.82, 2.24) is 5.32 Å². The molecule has 0 saturated carbocycles. The molecule has 0 radical (unpaired) electrons. The molecule has 4 nitrogen and oxygen atoms in total. The van der Waals surface area contributed by atoms with Crippen LogP contribution in [0.4, 0.5) is 0 Å². The summed E-state index contributed by atoms with van der Waals surface area (Å²) in [6.07, 6.45) is 2.67. The molecule has 3 aromatic rings. The second-order valence-corrected chi connectivity index (χ2v) is 6.20. The summed E-state index contributed by atoms with van der Waals surface area (Å²) in [6.45, 7) is 2.53. The first-order chi connectivity index (χ1) is 12.7. The highest BCUT2D eigenvalue weighted by atomic mass is 16.5. The van der Waals surface area contributed by atoms with E-state index in [0.29, 0.717) is 19.4 Å². The Kier molecular flexibility index (Phi) is 6.09. The van der Waals surface area contributed by atoms with Crippen LogP contribution in [0.3, 0.4) is 0 Å². The molecule has 0 unspecified atom stereocenters. The van der Waals surface area contributed by atoms with Crippen LogP contribution < -0.4 is 10.1 Å². The highest BCUT2D eigenvalue weighted by Gasteiger charge is 2.18. The van der Waals surface area contributed by atoms with Gasteiger partial charge in [-0.05, 0) is 48.7 Å². The van der Waals surface area contributed by atoms with E-state index < -0.39 is 0 Å². The number of hydrogen-bond donors (Lipinski definition) is 1. The van der Waals surface area contributed by atoms with Gasteiger partial charge in [0.1, 0.15) is 17.6 Å². The minimum absolute atomic E-state index is 0.0249. The lowest BCUT2D eigenvalue weighted by molar-refractivity contribution is -0.121. The number of carbonyl (C=O) groups is 1. The largest absolute Gasteiger partial charge is 0.494 e. The Hall–Kier alpha value is -3.01. The summed E-state index contributed by atoms with van der Waals surface area (Å²) in [4.78, 5) is 12.4. The molecule has 1 aromatic heterocycles. The third kappa shape index (κ3) is 4.99. The van der Waals surface area contributed by atoms with Gasteiger partial charge in [-0.1, -0.05) is 42.5 Å². The van der Waals surface area contributed by atoms with E-state index in [0.717, 1.165) is 22.6 Å². The predicted octanol–water partition coefficient (Wildman–Crippen LogP) is 4.65. The van der Waals surface area contributed by atoms with Crippen LogP contribution in [0, 0.1) is 6.92 Å². The molecule has 0 aliphatic heterocycles. The van der Waals surface area contributed by atoms with Gasteiger partial charge in [0.15, 0.2) is 0 Å². The molecular weight excluding hydrogens is 326 g/mol. The number of furan rings is 1. The molecule has 3 rings (SSSR count). The molecule has 0 fully saturated rings. The van der Waals surface area contributed by atoms with E-state index in [1.54, 1.807) is 6.26 Å². The Bertz CT molecular complexity index is 812. The van der Waals surface area contributed by atoms with Gasteiger partial charge in [0.05, 0.1) is 12.9 Å². The molecule has 0 aliphatic rings. The summed E-state index contributed by atoms with van der Waals surface area (Å²) in [6, 6.07) is 21.1. The molecule has 0 aliphatic carbocycles. The minimum atomic E-state index is -0.281. The molecule has 4 heteroatoms. The quantitative estimate of drug-likeness (QED) is 0.602. The molecule has 1 atom stereocenters. The van der Waals surface area contributed by atoms with Gasteiger partial charge >= 0.3 is 0 Å². The summed E-state index contributed by atoms with van der Waals surface area (Å²) >= 11 is 0. The fourth-order valence-electron chi connectivity index (χ4n) is 2.78. The molecule has 0 saturated heterocycles. The highest BCUT2D eigenvalue weighted by molar-refractivity contribution is 5.76. The number of aryl methyl sites for hydroxylation is 1. The summed E-state index contributed by atoms with van der Waals surface area (Å²) in [7, 11) is 0. The second-order valence-electron chi connectivity index (χ2n) is 6.20. The van der Waals surface area contributed by atoms with E-state index in [1.165, 1.54) is 0 Å². The average Bonchev–Trinajstić information content (AvgIpc) is 3.18. The van der Waals surface area contributed by atoms with Crippen LogP contribution in [-0.2, 0) is 4.79 Å². The molecule has 1 amide bonds. The highest BCUT2D eigenvalue weighted by Crippen LogP contribution is 2.22. The van der Waals surface area contributed by atoms with E-state index in [4.69, 9.17) is 9.15 Å². The van der Waals surface area contributed by atoms with E-state index in [9.17, 15) is 4.79 Å². The minimum Gasteiger partial charge on any atom is -0.494 e. The molecular formula is C22H23NO3. The van der Waals surface area contributed by atoms with Crippen LogP contribution in [0.2, 0.25) is 0 Å². The van der Waals surface area contributed by atoms with Crippen LogP contribution in [0.15, 0.2) is 77.4 Å². The first-order valence-corrected chi connectivity index (χ1v) is 8.79.